The van der Waals surface area contributed by atoms with Crippen LogP contribution in [-0.4, -0.2) is 74.8 Å². The van der Waals surface area contributed by atoms with Gasteiger partial charge in [-0.1, -0.05) is 248 Å². The van der Waals surface area contributed by atoms with Crippen molar-refractivity contribution in [3.63, 3.8) is 0 Å². The molecule has 15 heteroatoms. The van der Waals surface area contributed by atoms with Gasteiger partial charge in [-0.3, -0.25) is 14.5 Å². The Bertz CT molecular complexity index is 3570. The lowest BCUT2D eigenvalue weighted by molar-refractivity contribution is -0.267. The molecule has 3 atom stereocenters. The van der Waals surface area contributed by atoms with Crippen molar-refractivity contribution in [2.45, 2.75) is 60.8 Å². The number of benzene rings is 8. The molecule has 12 rings (SSSR count). The Hall–Kier alpha value is -8.57. The highest BCUT2D eigenvalue weighted by Gasteiger charge is 2.55. The Labute approximate surface area is 507 Å². The molecule has 8 aromatic carbocycles. The summed E-state index contributed by atoms with van der Waals surface area (Å²) in [5.74, 6) is -1.75. The van der Waals surface area contributed by atoms with E-state index in [2.05, 4.69) is 47.0 Å². The number of carbonyl (C=O) groups excluding carboxylic acids is 3. The van der Waals surface area contributed by atoms with Gasteiger partial charge in [-0.25, -0.2) is 9.78 Å². The van der Waals surface area contributed by atoms with Gasteiger partial charge in [-0.05, 0) is 48.1 Å². The molecule has 2 unspecified atom stereocenters. The number of fused-ring (bicyclic) bond motifs is 1. The molecule has 2 saturated heterocycles. The highest BCUT2D eigenvalue weighted by atomic mass is 32.2. The van der Waals surface area contributed by atoms with Crippen molar-refractivity contribution < 1.29 is 33.4 Å². The van der Waals surface area contributed by atoms with E-state index in [9.17, 15) is 0 Å². The van der Waals surface area contributed by atoms with Crippen molar-refractivity contribution in [3.8, 4) is 0 Å². The maximum Gasteiger partial charge on any atom is 0.356 e. The minimum Gasteiger partial charge on any atom is -0.448 e. The standard InChI is InChI=1S/C70H61N5O7S3/c1-68(2)79-44-43-56(81-68)45-83-58-47-84-65-60(64(77)75(65)61(58)66(78)80-62(48-27-11-3-12-28-48)49-29-13-4-14-30-49)72-63(76)59(74-82-70(53-37-21-8-22-38-53,54-39-23-9-24-40-54)55-41-25-10-26-42-55)57-46-85-67(71-57)73-69(50-31-15-5-16-32-50,51-33-17-6-18-34-51)52-35-19-7-20-36-52/h3-42,46,56,60,62,65H,43-45,47H2,1-2H3,(H,71,73)(H,72,76)/t56?,60?,65-/m0/s1. The molecular formula is C70H61N5O7S3. The number of ether oxygens (including phenoxy) is 3. The third kappa shape index (κ3) is 11.8. The van der Waals surface area contributed by atoms with Crippen molar-refractivity contribution in [2.75, 3.05) is 23.4 Å². The first-order valence-electron chi connectivity index (χ1n) is 28.2. The van der Waals surface area contributed by atoms with Gasteiger partial charge in [0.15, 0.2) is 22.7 Å². The monoisotopic (exact) mass is 1180 g/mol. The number of oxime groups is 1. The van der Waals surface area contributed by atoms with Gasteiger partial charge in [0.2, 0.25) is 5.60 Å². The van der Waals surface area contributed by atoms with Crippen LogP contribution in [0, 0.1) is 0 Å². The van der Waals surface area contributed by atoms with E-state index in [-0.39, 0.29) is 23.2 Å². The van der Waals surface area contributed by atoms with Gasteiger partial charge in [-0.2, -0.15) is 0 Å². The summed E-state index contributed by atoms with van der Waals surface area (Å²) >= 11 is 4.24. The largest absolute Gasteiger partial charge is 0.448 e. The summed E-state index contributed by atoms with van der Waals surface area (Å²) in [5.41, 5.74) is 4.54. The van der Waals surface area contributed by atoms with E-state index in [1.165, 1.54) is 39.8 Å². The predicted molar refractivity (Wildman–Crippen MR) is 337 cm³/mol. The maximum absolute atomic E-state index is 15.6. The van der Waals surface area contributed by atoms with E-state index in [1.54, 1.807) is 5.38 Å². The number of carbonyl (C=O) groups is 3. The van der Waals surface area contributed by atoms with Gasteiger partial charge < -0.3 is 29.7 Å². The zero-order valence-electron chi connectivity index (χ0n) is 46.7. The molecule has 2 fully saturated rings. The number of β-lactam (4-membered cyclic amide) rings is 1. The average Bonchev–Trinajstić information content (AvgIpc) is 1.52. The first-order chi connectivity index (χ1) is 41.6. The lowest BCUT2D eigenvalue weighted by Gasteiger charge is -2.49. The molecule has 12 nitrogen and oxygen atoms in total. The van der Waals surface area contributed by atoms with E-state index in [0.717, 1.165) is 44.5 Å². The topological polar surface area (TPSA) is 141 Å². The number of esters is 1. The molecule has 85 heavy (non-hydrogen) atoms. The number of nitrogens with zero attached hydrogens (tertiary/aromatic N) is 3. The van der Waals surface area contributed by atoms with E-state index in [1.807, 2.05) is 220 Å². The van der Waals surface area contributed by atoms with Gasteiger partial charge in [0.05, 0.1) is 12.7 Å². The van der Waals surface area contributed by atoms with Crippen molar-refractivity contribution >= 4 is 63.5 Å². The van der Waals surface area contributed by atoms with Crippen LogP contribution in [0.1, 0.15) is 76.6 Å². The normalized spacial score (nSPS) is 17.8. The Morgan fingerprint density at radius 1 is 0.682 bits per heavy atom. The summed E-state index contributed by atoms with van der Waals surface area (Å²) in [5, 5.41) is 13.4. The molecule has 0 radical (unpaired) electrons. The highest BCUT2D eigenvalue weighted by molar-refractivity contribution is 8.06. The quantitative estimate of drug-likeness (QED) is 0.0248. The van der Waals surface area contributed by atoms with Crippen LogP contribution in [0.3, 0.4) is 0 Å². The van der Waals surface area contributed by atoms with Gasteiger partial charge in [0, 0.05) is 38.5 Å². The third-order valence-electron chi connectivity index (χ3n) is 15.3. The fourth-order valence-corrected chi connectivity index (χ4v) is 14.7. The number of hydrogen-bond donors (Lipinski definition) is 2. The first-order valence-corrected chi connectivity index (χ1v) is 31.1. The highest BCUT2D eigenvalue weighted by Crippen LogP contribution is 2.47. The maximum atomic E-state index is 15.6. The van der Waals surface area contributed by atoms with Crippen LogP contribution in [-0.2, 0) is 44.6 Å². The van der Waals surface area contributed by atoms with Crippen LogP contribution in [0.15, 0.2) is 264 Å². The first kappa shape index (κ1) is 56.9. The Morgan fingerprint density at radius 2 is 1.14 bits per heavy atom. The number of aromatic nitrogens is 1. The number of rotatable bonds is 20. The van der Waals surface area contributed by atoms with E-state index >= 15 is 14.4 Å². The summed E-state index contributed by atoms with van der Waals surface area (Å²) < 4.78 is 18.7. The molecule has 1 aromatic heterocycles. The zero-order valence-corrected chi connectivity index (χ0v) is 49.2. The molecule has 0 aliphatic carbocycles. The fourth-order valence-electron chi connectivity index (χ4n) is 11.3. The molecule has 2 N–H and O–H groups in total. The van der Waals surface area contributed by atoms with Crippen molar-refractivity contribution in [2.24, 2.45) is 5.16 Å². The van der Waals surface area contributed by atoms with E-state index in [4.69, 9.17) is 29.2 Å². The van der Waals surface area contributed by atoms with Crippen LogP contribution in [0.5, 0.6) is 0 Å². The lowest BCUT2D eigenvalue weighted by Crippen LogP contribution is -2.71. The van der Waals surface area contributed by atoms with Crippen LogP contribution in [0.4, 0.5) is 5.13 Å². The molecule has 2 amide bonds. The molecule has 3 aliphatic rings. The second kappa shape index (κ2) is 25.3. The summed E-state index contributed by atoms with van der Waals surface area (Å²) in [6.07, 6.45) is -0.280. The van der Waals surface area contributed by atoms with Gasteiger partial charge in [-0.15, -0.1) is 34.9 Å². The Morgan fingerprint density at radius 3 is 1.61 bits per heavy atom. The molecule has 4 heterocycles. The number of amides is 2. The van der Waals surface area contributed by atoms with Crippen molar-refractivity contribution in [1.29, 1.82) is 0 Å². The molecule has 426 valence electrons. The zero-order chi connectivity index (χ0) is 58.2. The molecule has 0 saturated carbocycles. The van der Waals surface area contributed by atoms with Crippen molar-refractivity contribution in [3.05, 3.63) is 309 Å². The average molecular weight is 1180 g/mol. The van der Waals surface area contributed by atoms with Crippen LogP contribution in [0.25, 0.3) is 0 Å². The molecular weight excluding hydrogens is 1120 g/mol. The number of thioether (sulfide) groups is 2. The second-order valence-electron chi connectivity index (χ2n) is 21.1. The van der Waals surface area contributed by atoms with E-state index < -0.39 is 52.2 Å². The minimum absolute atomic E-state index is 0.136. The molecule has 9 aromatic rings. The lowest BCUT2D eigenvalue weighted by atomic mass is 9.77. The minimum atomic E-state index is -1.38. The third-order valence-corrected chi connectivity index (χ3v) is 18.8. The fraction of sp³-hybridized carbons (Fsp3) is 0.186. The smallest absolute Gasteiger partial charge is 0.356 e. The van der Waals surface area contributed by atoms with Gasteiger partial charge in [0.1, 0.15) is 28.3 Å². The second-order valence-corrected chi connectivity index (χ2v) is 24.2. The summed E-state index contributed by atoms with van der Waals surface area (Å²) in [7, 11) is 0. The van der Waals surface area contributed by atoms with Crippen LogP contribution >= 0.6 is 34.9 Å². The van der Waals surface area contributed by atoms with Crippen LogP contribution < -0.4 is 10.6 Å². The van der Waals surface area contributed by atoms with Crippen molar-refractivity contribution in [1.82, 2.24) is 15.2 Å². The summed E-state index contributed by atoms with van der Waals surface area (Å²) in [4.78, 5) is 60.2. The number of anilines is 1. The van der Waals surface area contributed by atoms with Crippen LogP contribution in [0.2, 0.25) is 0 Å². The Kier molecular flexibility index (Phi) is 17.0. The number of hydrogen-bond acceptors (Lipinski definition) is 13. The molecule has 0 spiro atoms. The summed E-state index contributed by atoms with van der Waals surface area (Å²) in [6.45, 7) is 4.31. The van der Waals surface area contributed by atoms with Gasteiger partial charge in [0.25, 0.3) is 11.8 Å². The van der Waals surface area contributed by atoms with Gasteiger partial charge >= 0.3 is 5.97 Å². The molecule has 0 bridgehead atoms. The predicted octanol–water partition coefficient (Wildman–Crippen LogP) is 13.5. The number of thiazole rings is 1. The number of nitrogens with one attached hydrogen (secondary N) is 2. The van der Waals surface area contributed by atoms with E-state index in [0.29, 0.717) is 34.6 Å². The summed E-state index contributed by atoms with van der Waals surface area (Å²) in [6, 6.07) is 77.8. The SMILES string of the molecule is CC1(C)OCCC(CSC2=C(C(=O)OC(c3ccccc3)c3ccccc3)N3C(=O)C(NC(=O)C(=NOC(c4ccccc4)(c4ccccc4)c4ccccc4)c4csc(NC(c5ccccc5)(c5ccccc5)c5ccccc5)n4)[C@@H]3SC2)O1. The Balaban J connectivity index is 0.927. The molecule has 3 aliphatic heterocycles.